The Hall–Kier alpha value is -0.140. The molecule has 0 bridgehead atoms. The van der Waals surface area contributed by atoms with E-state index in [0.29, 0.717) is 12.2 Å². The Kier molecular flexibility index (Phi) is 11.4. The van der Waals surface area contributed by atoms with Gasteiger partial charge in [-0.3, -0.25) is 4.55 Å². The Balaban J connectivity index is 0. The minimum absolute atomic E-state index is 0.132. The standard InChI is InChI=1S/C6H7O2.C3H8O3S.Na/c1-4-6(7)8-5(2)3;1-2-3-7(4,5)6;/h4H,1-3H2;2-3H2,1H3,(H,4,5,6);. The van der Waals surface area contributed by atoms with Crippen molar-refractivity contribution >= 4 is 44.0 Å². The Morgan fingerprint density at radius 2 is 2.06 bits per heavy atom. The van der Waals surface area contributed by atoms with Gasteiger partial charge in [0.05, 0.1) is 5.75 Å². The molecular weight excluding hydrogens is 243 g/mol. The minimum atomic E-state index is -3.67. The molecule has 0 spiro atoms. The molecule has 1 N–H and O–H groups in total. The molecule has 0 heterocycles. The number of ether oxygens (including phenoxy) is 1. The van der Waals surface area contributed by atoms with Crippen LogP contribution in [0.15, 0.2) is 25.0 Å². The summed E-state index contributed by atoms with van der Waals surface area (Å²) in [6, 6.07) is 0. The molecule has 0 aromatic rings. The molecule has 88 valence electrons. The van der Waals surface area contributed by atoms with Crippen LogP contribution in [0.1, 0.15) is 13.3 Å². The topological polar surface area (TPSA) is 80.7 Å². The van der Waals surface area contributed by atoms with Crippen molar-refractivity contribution < 1.29 is 22.5 Å². The van der Waals surface area contributed by atoms with E-state index in [1.165, 1.54) is 0 Å². The molecule has 0 aliphatic carbocycles. The van der Waals surface area contributed by atoms with E-state index in [9.17, 15) is 13.2 Å². The van der Waals surface area contributed by atoms with E-state index in [4.69, 9.17) is 4.55 Å². The van der Waals surface area contributed by atoms with Gasteiger partial charge in [-0.25, -0.2) is 0 Å². The summed E-state index contributed by atoms with van der Waals surface area (Å²) in [5.74, 6) is -0.0186. The third kappa shape index (κ3) is 16.3. The zero-order valence-electron chi connectivity index (χ0n) is 9.60. The van der Waals surface area contributed by atoms with Gasteiger partial charge in [0.15, 0.2) is 0 Å². The molecule has 0 rings (SSSR count). The van der Waals surface area contributed by atoms with E-state index in [1.807, 2.05) is 0 Å². The van der Waals surface area contributed by atoms with E-state index in [1.54, 1.807) is 6.92 Å². The van der Waals surface area contributed by atoms with Crippen molar-refractivity contribution in [1.29, 1.82) is 0 Å². The second-order valence-electron chi connectivity index (χ2n) is 2.80. The fourth-order valence-corrected chi connectivity index (χ4v) is 1.17. The molecule has 16 heavy (non-hydrogen) atoms. The second-order valence-corrected chi connectivity index (χ2v) is 5.08. The number of carbonyl (C=O) groups excluding carboxylic acids is 1. The van der Waals surface area contributed by atoms with Gasteiger partial charge in [0.25, 0.3) is 10.1 Å². The zero-order chi connectivity index (χ0) is 13.2. The molecule has 0 aromatic carbocycles. The molecule has 0 aromatic heterocycles. The molecule has 0 aliphatic heterocycles. The van der Waals surface area contributed by atoms with Crippen molar-refractivity contribution in [2.75, 3.05) is 5.75 Å². The molecule has 0 atom stereocenters. The SMILES string of the molecule is C=CC(=O)OC(=C)[CH2][Na].CCCS(=O)(=O)O. The van der Waals surface area contributed by atoms with E-state index in [-0.39, 0.29) is 5.75 Å². The molecule has 0 fully saturated rings. The Bertz CT molecular complexity index is 334. The van der Waals surface area contributed by atoms with Crippen molar-refractivity contribution in [2.45, 2.75) is 17.0 Å². The first-order valence-corrected chi connectivity index (χ1v) is 7.76. The molecular formula is C9H15NaO5S. The molecule has 0 amide bonds. The van der Waals surface area contributed by atoms with Crippen molar-refractivity contribution in [3.05, 3.63) is 25.0 Å². The van der Waals surface area contributed by atoms with Crippen LogP contribution < -0.4 is 0 Å². The molecule has 0 radical (unpaired) electrons. The summed E-state index contributed by atoms with van der Waals surface area (Å²) in [5.41, 5.74) is 0. The normalized spacial score (nSPS) is 9.75. The Morgan fingerprint density at radius 1 is 1.56 bits per heavy atom. The summed E-state index contributed by atoms with van der Waals surface area (Å²) in [6.07, 6.45) is 1.60. The molecule has 0 saturated carbocycles. The third-order valence-electron chi connectivity index (χ3n) is 1.27. The van der Waals surface area contributed by atoms with Crippen LogP contribution in [-0.4, -0.2) is 52.6 Å². The average Bonchev–Trinajstić information content (AvgIpc) is 2.16. The Morgan fingerprint density at radius 3 is 2.25 bits per heavy atom. The van der Waals surface area contributed by atoms with Crippen LogP contribution in [0.2, 0.25) is 3.67 Å². The molecule has 0 aliphatic rings. The molecule has 0 saturated heterocycles. The van der Waals surface area contributed by atoms with E-state index < -0.39 is 16.1 Å². The van der Waals surface area contributed by atoms with Gasteiger partial charge in [-0.15, -0.1) is 0 Å². The van der Waals surface area contributed by atoms with Crippen LogP contribution >= 0.6 is 0 Å². The number of esters is 1. The van der Waals surface area contributed by atoms with Crippen LogP contribution in [0.4, 0.5) is 0 Å². The van der Waals surface area contributed by atoms with Crippen molar-refractivity contribution in [3.8, 4) is 0 Å². The van der Waals surface area contributed by atoms with Crippen LogP contribution in [0, 0.1) is 0 Å². The van der Waals surface area contributed by atoms with Crippen LogP contribution in [0.25, 0.3) is 0 Å². The van der Waals surface area contributed by atoms with Gasteiger partial charge in [0.2, 0.25) is 0 Å². The molecule has 5 nitrogen and oxygen atoms in total. The summed E-state index contributed by atoms with van der Waals surface area (Å²) < 4.78 is 33.0. The monoisotopic (exact) mass is 258 g/mol. The number of hydrogen-bond donors (Lipinski definition) is 1. The fourth-order valence-electron chi connectivity index (χ4n) is 0.514. The quantitative estimate of drug-likeness (QED) is 0.262. The molecule has 0 unspecified atom stereocenters. The van der Waals surface area contributed by atoms with Gasteiger partial charge in [0, 0.05) is 0 Å². The predicted molar refractivity (Wildman–Crippen MR) is 62.7 cm³/mol. The fraction of sp³-hybridized carbons (Fsp3) is 0.444. The Labute approximate surface area is 114 Å². The largest absolute Gasteiger partial charge is 0.286 e. The number of hydrogen-bond acceptors (Lipinski definition) is 4. The maximum absolute atomic E-state index is 10.4. The van der Waals surface area contributed by atoms with Gasteiger partial charge < -0.3 is 0 Å². The van der Waals surface area contributed by atoms with Crippen LogP contribution in [0.5, 0.6) is 0 Å². The summed E-state index contributed by atoms with van der Waals surface area (Å²) in [7, 11) is -3.67. The van der Waals surface area contributed by atoms with E-state index >= 15 is 0 Å². The summed E-state index contributed by atoms with van der Waals surface area (Å²) in [6.45, 7) is 8.44. The van der Waals surface area contributed by atoms with Crippen molar-refractivity contribution in [2.24, 2.45) is 0 Å². The maximum Gasteiger partial charge on any atom is 0.264 e. The van der Waals surface area contributed by atoms with Gasteiger partial charge in [0.1, 0.15) is 0 Å². The van der Waals surface area contributed by atoms with Gasteiger partial charge in [-0.05, 0) is 6.42 Å². The summed E-state index contributed by atoms with van der Waals surface area (Å²) in [5, 5.41) is 0. The van der Waals surface area contributed by atoms with Gasteiger partial charge >= 0.3 is 72.1 Å². The first-order chi connectivity index (χ1) is 7.26. The number of allylic oxidation sites excluding steroid dienone is 1. The molecule has 7 heteroatoms. The first kappa shape index (κ1) is 18.2. The predicted octanol–water partition coefficient (Wildman–Crippen LogP) is 1.10. The van der Waals surface area contributed by atoms with E-state index in [0.717, 1.165) is 37.7 Å². The smallest absolute Gasteiger partial charge is 0.264 e. The van der Waals surface area contributed by atoms with Crippen LogP contribution in [0.3, 0.4) is 0 Å². The van der Waals surface area contributed by atoms with Crippen LogP contribution in [-0.2, 0) is 19.6 Å². The third-order valence-corrected chi connectivity index (χ3v) is 2.98. The summed E-state index contributed by atoms with van der Waals surface area (Å²) in [4.78, 5) is 10.4. The van der Waals surface area contributed by atoms with Crippen molar-refractivity contribution in [3.63, 3.8) is 0 Å². The van der Waals surface area contributed by atoms with E-state index in [2.05, 4.69) is 17.9 Å². The van der Waals surface area contributed by atoms with Gasteiger partial charge in [-0.1, -0.05) is 6.92 Å². The zero-order valence-corrected chi connectivity index (χ0v) is 12.4. The summed E-state index contributed by atoms with van der Waals surface area (Å²) >= 11 is 0.970. The first-order valence-electron chi connectivity index (χ1n) is 4.74. The number of rotatable bonds is 5. The van der Waals surface area contributed by atoms with Crippen molar-refractivity contribution in [1.82, 2.24) is 0 Å². The minimum Gasteiger partial charge on any atom is -0.286 e. The maximum atomic E-state index is 10.4. The number of carbonyl (C=O) groups is 1. The second kappa shape index (κ2) is 10.0. The van der Waals surface area contributed by atoms with Gasteiger partial charge in [-0.2, -0.15) is 8.42 Å². The average molecular weight is 258 g/mol.